The zero-order valence-corrected chi connectivity index (χ0v) is 13.0. The van der Waals surface area contributed by atoms with Crippen molar-refractivity contribution in [1.82, 2.24) is 10.2 Å². The minimum atomic E-state index is -0.294. The van der Waals surface area contributed by atoms with E-state index in [1.165, 1.54) is 12.1 Å². The van der Waals surface area contributed by atoms with Gasteiger partial charge in [-0.05, 0) is 37.0 Å². The first-order valence-electron chi connectivity index (χ1n) is 8.02. The minimum Gasteiger partial charge on any atom is -0.375 e. The number of nitrogens with zero attached hydrogens (tertiary/aromatic N) is 1. The third-order valence-electron chi connectivity index (χ3n) is 4.60. The van der Waals surface area contributed by atoms with Crippen LogP contribution in [0.15, 0.2) is 24.3 Å². The van der Waals surface area contributed by atoms with E-state index in [2.05, 4.69) is 11.2 Å². The average Bonchev–Trinajstić information content (AvgIpc) is 3.17. The van der Waals surface area contributed by atoms with E-state index in [1.807, 2.05) is 0 Å². The third kappa shape index (κ3) is 3.83. The second kappa shape index (κ2) is 7.01. The maximum atomic E-state index is 13.0. The van der Waals surface area contributed by atoms with E-state index in [-0.39, 0.29) is 18.4 Å². The molecule has 23 heavy (non-hydrogen) atoms. The number of rotatable bonds is 5. The van der Waals surface area contributed by atoms with Crippen molar-refractivity contribution < 1.29 is 13.9 Å². The Bertz CT molecular complexity index is 596. The predicted octanol–water partition coefficient (Wildman–Crippen LogP) is 2.54. The van der Waals surface area contributed by atoms with Crippen molar-refractivity contribution in [3.8, 4) is 12.3 Å². The van der Waals surface area contributed by atoms with Gasteiger partial charge in [0.2, 0.25) is 0 Å². The molecule has 2 bridgehead atoms. The van der Waals surface area contributed by atoms with Crippen LogP contribution in [-0.2, 0) is 11.3 Å². The Morgan fingerprint density at radius 2 is 2.17 bits per heavy atom. The Hall–Kier alpha value is -2.06. The van der Waals surface area contributed by atoms with Gasteiger partial charge in [-0.1, -0.05) is 18.1 Å². The molecule has 2 saturated heterocycles. The highest BCUT2D eigenvalue weighted by molar-refractivity contribution is 5.74. The van der Waals surface area contributed by atoms with Crippen LogP contribution in [0.25, 0.3) is 0 Å². The maximum absolute atomic E-state index is 13.0. The lowest BCUT2D eigenvalue weighted by Crippen LogP contribution is -2.43. The van der Waals surface area contributed by atoms with Gasteiger partial charge in [0.15, 0.2) is 0 Å². The molecule has 2 amide bonds. The summed E-state index contributed by atoms with van der Waals surface area (Å²) >= 11 is 0. The molecular formula is C18H21FN2O2. The van der Waals surface area contributed by atoms with E-state index < -0.39 is 0 Å². The topological polar surface area (TPSA) is 41.6 Å². The molecule has 2 heterocycles. The molecule has 2 aliphatic rings. The number of hydrogen-bond donors (Lipinski definition) is 1. The average molecular weight is 316 g/mol. The van der Waals surface area contributed by atoms with E-state index in [0.29, 0.717) is 31.2 Å². The van der Waals surface area contributed by atoms with Crippen molar-refractivity contribution in [2.24, 2.45) is 5.92 Å². The van der Waals surface area contributed by atoms with Gasteiger partial charge in [0.25, 0.3) is 0 Å². The van der Waals surface area contributed by atoms with Gasteiger partial charge in [0, 0.05) is 19.0 Å². The smallest absolute Gasteiger partial charge is 0.318 e. The lowest BCUT2D eigenvalue weighted by molar-refractivity contribution is 0.0924. The largest absolute Gasteiger partial charge is 0.375 e. The minimum absolute atomic E-state index is 0.185. The molecule has 0 saturated carbocycles. The highest BCUT2D eigenvalue weighted by Crippen LogP contribution is 2.38. The Morgan fingerprint density at radius 3 is 2.78 bits per heavy atom. The fraction of sp³-hybridized carbons (Fsp3) is 0.500. The fourth-order valence-electron chi connectivity index (χ4n) is 3.41. The summed E-state index contributed by atoms with van der Waals surface area (Å²) in [5, 5.41) is 2.96. The van der Waals surface area contributed by atoms with Crippen molar-refractivity contribution >= 4 is 6.03 Å². The first-order chi connectivity index (χ1) is 11.2. The molecule has 3 atom stereocenters. The Labute approximate surface area is 136 Å². The highest BCUT2D eigenvalue weighted by Gasteiger charge is 2.40. The second-order valence-corrected chi connectivity index (χ2v) is 6.24. The molecule has 1 aromatic rings. The Morgan fingerprint density at radius 1 is 1.39 bits per heavy atom. The van der Waals surface area contributed by atoms with Crippen molar-refractivity contribution in [3.05, 3.63) is 35.6 Å². The summed E-state index contributed by atoms with van der Waals surface area (Å²) in [7, 11) is 0. The van der Waals surface area contributed by atoms with Crippen LogP contribution in [-0.4, -0.2) is 36.2 Å². The molecule has 1 aromatic carbocycles. The monoisotopic (exact) mass is 316 g/mol. The summed E-state index contributed by atoms with van der Waals surface area (Å²) in [6.45, 7) is 1.20. The molecule has 0 unspecified atom stereocenters. The van der Waals surface area contributed by atoms with Crippen molar-refractivity contribution in [3.63, 3.8) is 0 Å². The fourth-order valence-corrected chi connectivity index (χ4v) is 3.41. The van der Waals surface area contributed by atoms with Gasteiger partial charge in [-0.3, -0.25) is 0 Å². The van der Waals surface area contributed by atoms with E-state index in [1.54, 1.807) is 17.0 Å². The molecular weight excluding hydrogens is 295 g/mol. The van der Waals surface area contributed by atoms with Gasteiger partial charge in [-0.25, -0.2) is 9.18 Å². The van der Waals surface area contributed by atoms with Gasteiger partial charge in [0.05, 0.1) is 18.8 Å². The molecule has 0 radical (unpaired) electrons. The summed E-state index contributed by atoms with van der Waals surface area (Å²) in [6, 6.07) is 5.91. The maximum Gasteiger partial charge on any atom is 0.318 e. The molecule has 2 aliphatic heterocycles. The highest BCUT2D eigenvalue weighted by atomic mass is 19.1. The van der Waals surface area contributed by atoms with Gasteiger partial charge in [-0.15, -0.1) is 6.42 Å². The quantitative estimate of drug-likeness (QED) is 0.848. The number of carbonyl (C=O) groups is 1. The lowest BCUT2D eigenvalue weighted by Gasteiger charge is -2.24. The number of hydrogen-bond acceptors (Lipinski definition) is 2. The molecule has 0 aromatic heterocycles. The number of carbonyl (C=O) groups excluding carboxylic acids is 1. The second-order valence-electron chi connectivity index (χ2n) is 6.24. The number of benzene rings is 1. The van der Waals surface area contributed by atoms with E-state index in [9.17, 15) is 9.18 Å². The van der Waals surface area contributed by atoms with Gasteiger partial charge >= 0.3 is 6.03 Å². The zero-order chi connectivity index (χ0) is 16.2. The van der Waals surface area contributed by atoms with Crippen LogP contribution < -0.4 is 5.32 Å². The van der Waals surface area contributed by atoms with E-state index >= 15 is 0 Å². The van der Waals surface area contributed by atoms with Crippen LogP contribution in [0.2, 0.25) is 0 Å². The number of ether oxygens (including phenoxy) is 1. The van der Waals surface area contributed by atoms with Crippen LogP contribution in [0, 0.1) is 24.1 Å². The number of nitrogens with one attached hydrogen (secondary N) is 1. The number of urea groups is 1. The van der Waals surface area contributed by atoms with Crippen molar-refractivity contribution in [1.29, 1.82) is 0 Å². The van der Waals surface area contributed by atoms with Crippen LogP contribution in [0.4, 0.5) is 9.18 Å². The summed E-state index contributed by atoms with van der Waals surface area (Å²) in [4.78, 5) is 13.9. The van der Waals surface area contributed by atoms with Crippen LogP contribution in [0.5, 0.6) is 0 Å². The zero-order valence-electron chi connectivity index (χ0n) is 13.0. The van der Waals surface area contributed by atoms with Gasteiger partial charge in [0.1, 0.15) is 5.82 Å². The third-order valence-corrected chi connectivity index (χ3v) is 4.60. The molecule has 1 N–H and O–H groups in total. The normalized spacial score (nSPS) is 25.1. The lowest BCUT2D eigenvalue weighted by atomic mass is 9.89. The molecule has 0 aliphatic carbocycles. The Balaban J connectivity index is 1.53. The number of fused-ring (bicyclic) bond motifs is 2. The molecule has 122 valence electrons. The summed E-state index contributed by atoms with van der Waals surface area (Å²) in [6.07, 6.45) is 9.29. The van der Waals surface area contributed by atoms with Crippen LogP contribution in [0.3, 0.4) is 0 Å². The number of terminal acetylenes is 1. The number of halogens is 1. The van der Waals surface area contributed by atoms with Crippen LogP contribution >= 0.6 is 0 Å². The van der Waals surface area contributed by atoms with Crippen LogP contribution in [0.1, 0.15) is 24.8 Å². The summed E-state index contributed by atoms with van der Waals surface area (Å²) in [5.74, 6) is 2.61. The van der Waals surface area contributed by atoms with Gasteiger partial charge < -0.3 is 15.0 Å². The van der Waals surface area contributed by atoms with Crippen molar-refractivity contribution in [2.45, 2.75) is 38.0 Å². The van der Waals surface area contributed by atoms with E-state index in [4.69, 9.17) is 11.2 Å². The van der Waals surface area contributed by atoms with Gasteiger partial charge in [-0.2, -0.15) is 0 Å². The molecule has 5 heteroatoms. The number of amides is 2. The molecule has 4 nitrogen and oxygen atoms in total. The summed E-state index contributed by atoms with van der Waals surface area (Å²) < 4.78 is 18.8. The predicted molar refractivity (Wildman–Crippen MR) is 85.0 cm³/mol. The Kier molecular flexibility index (Phi) is 4.82. The standard InChI is InChI=1S/C18H21FN2O2/c1-2-9-21(12-13-3-5-15(19)6-4-13)18(22)20-11-14-10-16-7-8-17(14)23-16/h1,3-6,14,16-17H,7-12H2,(H,20,22)/t14-,16-,17-/m1/s1. The summed E-state index contributed by atoms with van der Waals surface area (Å²) in [5.41, 5.74) is 0.847. The van der Waals surface area contributed by atoms with E-state index in [0.717, 1.165) is 24.8 Å². The first kappa shape index (κ1) is 15.8. The van der Waals surface area contributed by atoms with Crippen molar-refractivity contribution in [2.75, 3.05) is 13.1 Å². The molecule has 0 spiro atoms. The first-order valence-corrected chi connectivity index (χ1v) is 8.02. The molecule has 2 fully saturated rings. The molecule has 3 rings (SSSR count). The SMILES string of the molecule is C#CCN(Cc1ccc(F)cc1)C(=O)NC[C@H]1C[C@H]2CC[C@H]1O2.